The Morgan fingerprint density at radius 2 is 1.50 bits per heavy atom. The number of nitrogens with zero attached hydrogens (tertiary/aromatic N) is 1. The van der Waals surface area contributed by atoms with Crippen LogP contribution < -0.4 is 0 Å². The second-order valence-electron chi connectivity index (χ2n) is 1.89. The first-order valence-electron chi connectivity index (χ1n) is 2.95. The van der Waals surface area contributed by atoms with Crippen LogP contribution in [0.2, 0.25) is 0 Å². The second kappa shape index (κ2) is 5.99. The molecule has 0 radical (unpaired) electrons. The molecule has 0 atom stereocenters. The van der Waals surface area contributed by atoms with E-state index in [4.69, 9.17) is 0 Å². The Morgan fingerprint density at radius 1 is 0.857 bits per heavy atom. The zero-order valence-electron chi connectivity index (χ0n) is 6.17. The first-order valence-corrected chi connectivity index (χ1v) is 5.82. The van der Waals surface area contributed by atoms with Crippen LogP contribution in [-0.4, -0.2) is 4.98 Å². The van der Waals surface area contributed by atoms with Crippen molar-refractivity contribution >= 4 is 48.6 Å². The van der Waals surface area contributed by atoms with E-state index >= 15 is 0 Å². The molecule has 9 heteroatoms. The standard InChI is InChI=1S/C5HF4NS4/c6-11-2-1-10-5(14-9)4(13-8)3(2)12-7/h1H. The summed E-state index contributed by atoms with van der Waals surface area (Å²) in [6.07, 6.45) is 0.953. The van der Waals surface area contributed by atoms with Gasteiger partial charge in [0.25, 0.3) is 0 Å². The highest BCUT2D eigenvalue weighted by Crippen LogP contribution is 2.43. The zero-order valence-corrected chi connectivity index (χ0v) is 9.44. The number of hydrogen-bond donors (Lipinski definition) is 0. The monoisotopic (exact) mass is 279 g/mol. The van der Waals surface area contributed by atoms with Crippen molar-refractivity contribution in [1.29, 1.82) is 0 Å². The largest absolute Gasteiger partial charge is 0.245 e. The summed E-state index contributed by atoms with van der Waals surface area (Å²) in [6.45, 7) is 0. The Kier molecular flexibility index (Phi) is 5.28. The molecule has 1 aromatic heterocycles. The minimum Gasteiger partial charge on any atom is -0.245 e. The van der Waals surface area contributed by atoms with E-state index in [1.807, 2.05) is 0 Å². The number of aromatic nitrogens is 1. The molecule has 0 aliphatic carbocycles. The summed E-state index contributed by atoms with van der Waals surface area (Å²) in [5.74, 6) is 0. The van der Waals surface area contributed by atoms with Crippen LogP contribution in [0.5, 0.6) is 0 Å². The second-order valence-corrected chi connectivity index (χ2v) is 4.15. The van der Waals surface area contributed by atoms with E-state index in [9.17, 15) is 15.5 Å². The average Bonchev–Trinajstić information content (AvgIpc) is 2.26. The molecule has 78 valence electrons. The van der Waals surface area contributed by atoms with Gasteiger partial charge >= 0.3 is 0 Å². The summed E-state index contributed by atoms with van der Waals surface area (Å²) in [5.41, 5.74) is 0. The van der Waals surface area contributed by atoms with Crippen molar-refractivity contribution in [3.63, 3.8) is 0 Å². The van der Waals surface area contributed by atoms with Gasteiger partial charge in [-0.25, -0.2) is 4.98 Å². The topological polar surface area (TPSA) is 12.9 Å². The fourth-order valence-corrected chi connectivity index (χ4v) is 2.51. The van der Waals surface area contributed by atoms with Crippen LogP contribution in [0.25, 0.3) is 0 Å². The third-order valence-electron chi connectivity index (χ3n) is 1.23. The molecule has 14 heavy (non-hydrogen) atoms. The van der Waals surface area contributed by atoms with Gasteiger partial charge in [0, 0.05) is 6.20 Å². The average molecular weight is 279 g/mol. The van der Waals surface area contributed by atoms with Crippen molar-refractivity contribution in [3.8, 4) is 0 Å². The molecule has 0 bridgehead atoms. The lowest BCUT2D eigenvalue weighted by Crippen LogP contribution is -1.87. The summed E-state index contributed by atoms with van der Waals surface area (Å²) >= 11 is -1.29. The van der Waals surface area contributed by atoms with Gasteiger partial charge in [0.15, 0.2) is 0 Å². The van der Waals surface area contributed by atoms with Gasteiger partial charge in [-0.1, -0.05) is 0 Å². The fraction of sp³-hybridized carbons (Fsp3) is 0. The third-order valence-corrected chi connectivity index (χ3v) is 3.68. The Hall–Kier alpha value is 0.270. The fourth-order valence-electron chi connectivity index (χ4n) is 0.695. The van der Waals surface area contributed by atoms with Crippen LogP contribution in [0.4, 0.5) is 15.5 Å². The maximum absolute atomic E-state index is 12.3. The van der Waals surface area contributed by atoms with Crippen molar-refractivity contribution in [2.45, 2.75) is 19.7 Å². The van der Waals surface area contributed by atoms with Crippen molar-refractivity contribution in [2.24, 2.45) is 0 Å². The molecule has 0 aliphatic heterocycles. The molecular weight excluding hydrogens is 278 g/mol. The SMILES string of the molecule is FSc1cnc(SF)c(SF)c1SF. The number of rotatable bonds is 4. The van der Waals surface area contributed by atoms with E-state index in [0.717, 1.165) is 6.20 Å². The molecule has 1 rings (SSSR count). The summed E-state index contributed by atoms with van der Waals surface area (Å²) in [7, 11) is 0. The van der Waals surface area contributed by atoms with E-state index in [1.54, 1.807) is 0 Å². The van der Waals surface area contributed by atoms with E-state index in [-0.39, 0.29) is 68.3 Å². The van der Waals surface area contributed by atoms with Crippen LogP contribution in [0.1, 0.15) is 0 Å². The van der Waals surface area contributed by atoms with Gasteiger partial charge in [0.1, 0.15) is 17.2 Å². The van der Waals surface area contributed by atoms with Crippen molar-refractivity contribution in [3.05, 3.63) is 6.20 Å². The molecule has 0 saturated carbocycles. The molecule has 0 spiro atoms. The van der Waals surface area contributed by atoms with E-state index in [0.29, 0.717) is 0 Å². The van der Waals surface area contributed by atoms with Crippen LogP contribution in [0, 0.1) is 0 Å². The van der Waals surface area contributed by atoms with Gasteiger partial charge < -0.3 is 0 Å². The predicted molar refractivity (Wildman–Crippen MR) is 52.1 cm³/mol. The molecule has 0 unspecified atom stereocenters. The van der Waals surface area contributed by atoms with E-state index in [1.165, 1.54) is 0 Å². The molecule has 0 saturated heterocycles. The van der Waals surface area contributed by atoms with Crippen LogP contribution in [-0.2, 0) is 0 Å². The van der Waals surface area contributed by atoms with Gasteiger partial charge in [0.05, 0.1) is 51.1 Å². The highest BCUT2D eigenvalue weighted by Gasteiger charge is 2.18. The zero-order chi connectivity index (χ0) is 10.6. The molecule has 0 aromatic carbocycles. The lowest BCUT2D eigenvalue weighted by molar-refractivity contribution is 0.815. The summed E-state index contributed by atoms with van der Waals surface area (Å²) in [6, 6.07) is 0. The smallest absolute Gasteiger partial charge is 0.146 e. The van der Waals surface area contributed by atoms with Gasteiger partial charge in [-0.3, -0.25) is 0 Å². The molecule has 0 fully saturated rings. The van der Waals surface area contributed by atoms with Crippen LogP contribution in [0.15, 0.2) is 25.9 Å². The van der Waals surface area contributed by atoms with Crippen molar-refractivity contribution in [1.82, 2.24) is 4.98 Å². The lowest BCUT2D eigenvalue weighted by Gasteiger charge is -2.05. The molecule has 0 N–H and O–H groups in total. The summed E-state index contributed by atoms with van der Waals surface area (Å²) < 4.78 is 49.0. The molecule has 0 amide bonds. The quantitative estimate of drug-likeness (QED) is 0.718. The van der Waals surface area contributed by atoms with Gasteiger partial charge in [-0.15, -0.1) is 0 Å². The minimum atomic E-state index is -0.363. The Labute approximate surface area is 95.0 Å². The van der Waals surface area contributed by atoms with E-state index < -0.39 is 0 Å². The predicted octanol–water partition coefficient (Wildman–Crippen LogP) is 4.99. The number of halogens is 4. The highest BCUT2D eigenvalue weighted by molar-refractivity contribution is 7.99. The first-order chi connectivity index (χ1) is 6.78. The minimum absolute atomic E-state index is 0.171. The van der Waals surface area contributed by atoms with Crippen LogP contribution in [0.3, 0.4) is 0 Å². The maximum Gasteiger partial charge on any atom is 0.146 e. The molecule has 1 aromatic rings. The Bertz CT molecular complexity index is 292. The summed E-state index contributed by atoms with van der Waals surface area (Å²) in [5, 5.41) is -0.310. The van der Waals surface area contributed by atoms with Gasteiger partial charge in [0.2, 0.25) is 0 Å². The van der Waals surface area contributed by atoms with Gasteiger partial charge in [-0.05, 0) is 0 Å². The normalized spacial score (nSPS) is 10.6. The maximum atomic E-state index is 12.3. The van der Waals surface area contributed by atoms with Crippen molar-refractivity contribution < 1.29 is 15.5 Å². The number of hydrogen-bond acceptors (Lipinski definition) is 5. The Balaban J connectivity index is 3.28. The molecule has 1 nitrogen and oxygen atoms in total. The molecule has 1 heterocycles. The number of pyridine rings is 1. The first kappa shape index (κ1) is 12.3. The molecule has 0 aliphatic rings. The van der Waals surface area contributed by atoms with Gasteiger partial charge in [-0.2, -0.15) is 15.5 Å². The summed E-state index contributed by atoms with van der Waals surface area (Å²) in [4.78, 5) is 2.63. The lowest BCUT2D eigenvalue weighted by atomic mass is 10.5. The van der Waals surface area contributed by atoms with Crippen LogP contribution >= 0.6 is 48.6 Å². The highest BCUT2D eigenvalue weighted by atomic mass is 32.2. The molecular formula is C5HF4NS4. The van der Waals surface area contributed by atoms with E-state index in [2.05, 4.69) is 4.98 Å². The van der Waals surface area contributed by atoms with Crippen molar-refractivity contribution in [2.75, 3.05) is 0 Å². The third kappa shape index (κ3) is 2.44. The Morgan fingerprint density at radius 3 is 1.93 bits per heavy atom.